The first kappa shape index (κ1) is 16.5. The molecule has 2 rings (SSSR count). The number of amides is 3. The van der Waals surface area contributed by atoms with Crippen molar-refractivity contribution in [1.29, 1.82) is 0 Å². The molecule has 0 aliphatic carbocycles. The summed E-state index contributed by atoms with van der Waals surface area (Å²) in [6.45, 7) is 1.59. The number of hydrogen-bond donors (Lipinski definition) is 3. The highest BCUT2D eigenvalue weighted by molar-refractivity contribution is 6.01. The van der Waals surface area contributed by atoms with Crippen LogP contribution in [-0.2, 0) is 0 Å². The van der Waals surface area contributed by atoms with Gasteiger partial charge >= 0.3 is 6.03 Å². The number of carbonyl (C=O) groups is 2. The van der Waals surface area contributed by atoms with Crippen molar-refractivity contribution in [3.63, 3.8) is 0 Å². The summed E-state index contributed by atoms with van der Waals surface area (Å²) in [4.78, 5) is 35.9. The maximum absolute atomic E-state index is 12.3. The third kappa shape index (κ3) is 4.09. The highest BCUT2D eigenvalue weighted by Crippen LogP contribution is 2.27. The van der Waals surface area contributed by atoms with E-state index < -0.39 is 16.9 Å². The third-order valence-corrected chi connectivity index (χ3v) is 3.65. The summed E-state index contributed by atoms with van der Waals surface area (Å²) >= 11 is 0. The average molecular weight is 321 g/mol. The zero-order valence-electron chi connectivity index (χ0n) is 12.8. The minimum atomic E-state index is -0.599. The van der Waals surface area contributed by atoms with Gasteiger partial charge in [0.25, 0.3) is 11.6 Å². The van der Waals surface area contributed by atoms with Gasteiger partial charge in [0.2, 0.25) is 0 Å². The number of hydrazine groups is 1. The van der Waals surface area contributed by atoms with Crippen molar-refractivity contribution in [2.24, 2.45) is 0 Å². The lowest BCUT2D eigenvalue weighted by molar-refractivity contribution is -0.384. The molecule has 1 fully saturated rings. The van der Waals surface area contributed by atoms with Crippen LogP contribution in [0.1, 0.15) is 29.6 Å². The standard InChI is InChI=1S/C14H19N5O4/c1-15-14(21)17-16-13(20)11-9-10(19(22)23)5-6-12(11)18-7-3-2-4-8-18/h5-6,9H,2-4,7-8H2,1H3,(H,16,20)(H2,15,17,21). The molecule has 0 saturated carbocycles. The van der Waals surface area contributed by atoms with Gasteiger partial charge in [-0.2, -0.15) is 0 Å². The number of anilines is 1. The van der Waals surface area contributed by atoms with Crippen LogP contribution in [0, 0.1) is 10.1 Å². The third-order valence-electron chi connectivity index (χ3n) is 3.65. The number of benzene rings is 1. The zero-order valence-corrected chi connectivity index (χ0v) is 12.8. The van der Waals surface area contributed by atoms with E-state index in [1.807, 2.05) is 4.90 Å². The summed E-state index contributed by atoms with van der Waals surface area (Å²) < 4.78 is 0. The van der Waals surface area contributed by atoms with E-state index >= 15 is 0 Å². The van der Waals surface area contributed by atoms with Crippen molar-refractivity contribution >= 4 is 23.3 Å². The fourth-order valence-electron chi connectivity index (χ4n) is 2.47. The summed E-state index contributed by atoms with van der Waals surface area (Å²) in [5.74, 6) is -0.599. The molecule has 3 N–H and O–H groups in total. The van der Waals surface area contributed by atoms with E-state index in [1.165, 1.54) is 19.2 Å². The number of hydrogen-bond acceptors (Lipinski definition) is 5. The van der Waals surface area contributed by atoms with Gasteiger partial charge in [0.05, 0.1) is 16.2 Å². The summed E-state index contributed by atoms with van der Waals surface area (Å²) in [7, 11) is 1.41. The Labute approximate surface area is 133 Å². The molecule has 9 nitrogen and oxygen atoms in total. The van der Waals surface area contributed by atoms with Gasteiger partial charge in [-0.25, -0.2) is 10.2 Å². The van der Waals surface area contributed by atoms with Crippen LogP contribution in [0.3, 0.4) is 0 Å². The molecule has 124 valence electrons. The van der Waals surface area contributed by atoms with Gasteiger partial charge in [-0.05, 0) is 25.3 Å². The molecule has 0 atom stereocenters. The molecule has 1 heterocycles. The summed E-state index contributed by atoms with van der Waals surface area (Å²) in [6.07, 6.45) is 3.15. The lowest BCUT2D eigenvalue weighted by Crippen LogP contribution is -2.46. The molecule has 1 aromatic rings. The molecule has 9 heteroatoms. The van der Waals surface area contributed by atoms with Gasteiger partial charge in [0.1, 0.15) is 0 Å². The van der Waals surface area contributed by atoms with Crippen molar-refractivity contribution in [1.82, 2.24) is 16.2 Å². The fourth-order valence-corrected chi connectivity index (χ4v) is 2.47. The molecule has 0 aromatic heterocycles. The van der Waals surface area contributed by atoms with E-state index in [9.17, 15) is 19.7 Å². The second-order valence-corrected chi connectivity index (χ2v) is 5.16. The van der Waals surface area contributed by atoms with Gasteiger partial charge in [-0.1, -0.05) is 0 Å². The quantitative estimate of drug-likeness (QED) is 0.570. The largest absolute Gasteiger partial charge is 0.371 e. The highest BCUT2D eigenvalue weighted by Gasteiger charge is 2.22. The number of non-ortho nitro benzene ring substituents is 1. The topological polar surface area (TPSA) is 117 Å². The van der Waals surface area contributed by atoms with E-state index in [0.717, 1.165) is 32.4 Å². The minimum Gasteiger partial charge on any atom is -0.371 e. The molecule has 0 bridgehead atoms. The lowest BCUT2D eigenvalue weighted by atomic mass is 10.1. The van der Waals surface area contributed by atoms with Crippen molar-refractivity contribution in [2.75, 3.05) is 25.0 Å². The number of rotatable bonds is 3. The van der Waals surface area contributed by atoms with Crippen LogP contribution < -0.4 is 21.1 Å². The SMILES string of the molecule is CNC(=O)NNC(=O)c1cc([N+](=O)[O-])ccc1N1CCCCC1. The Balaban J connectivity index is 2.28. The van der Waals surface area contributed by atoms with Crippen LogP contribution in [0.2, 0.25) is 0 Å². The predicted octanol–water partition coefficient (Wildman–Crippen LogP) is 1.16. The summed E-state index contributed by atoms with van der Waals surface area (Å²) in [5, 5.41) is 13.3. The fraction of sp³-hybridized carbons (Fsp3) is 0.429. The Kier molecular flexibility index (Phi) is 5.34. The molecular formula is C14H19N5O4. The molecule has 0 spiro atoms. The monoisotopic (exact) mass is 321 g/mol. The molecular weight excluding hydrogens is 302 g/mol. The number of nitrogens with one attached hydrogen (secondary N) is 3. The van der Waals surface area contributed by atoms with Crippen molar-refractivity contribution in [3.05, 3.63) is 33.9 Å². The second-order valence-electron chi connectivity index (χ2n) is 5.16. The normalized spacial score (nSPS) is 14.0. The smallest absolute Gasteiger partial charge is 0.333 e. The first-order valence-corrected chi connectivity index (χ1v) is 7.34. The molecule has 1 aliphatic heterocycles. The van der Waals surface area contributed by atoms with Gasteiger partial charge in [-0.3, -0.25) is 20.3 Å². The maximum atomic E-state index is 12.3. The Morgan fingerprint density at radius 2 is 1.87 bits per heavy atom. The Morgan fingerprint density at radius 3 is 2.48 bits per heavy atom. The molecule has 1 aromatic carbocycles. The number of nitro groups is 1. The number of urea groups is 1. The number of nitro benzene ring substituents is 1. The van der Waals surface area contributed by atoms with Crippen molar-refractivity contribution in [2.45, 2.75) is 19.3 Å². The van der Waals surface area contributed by atoms with Crippen LogP contribution in [0.4, 0.5) is 16.2 Å². The molecule has 0 radical (unpaired) electrons. The molecule has 1 aliphatic rings. The first-order chi connectivity index (χ1) is 11.0. The second kappa shape index (κ2) is 7.43. The van der Waals surface area contributed by atoms with Crippen LogP contribution in [-0.4, -0.2) is 37.0 Å². The minimum absolute atomic E-state index is 0.164. The van der Waals surface area contributed by atoms with E-state index in [1.54, 1.807) is 6.07 Å². The predicted molar refractivity (Wildman–Crippen MR) is 84.2 cm³/mol. The van der Waals surface area contributed by atoms with Crippen LogP contribution in [0.5, 0.6) is 0 Å². The Morgan fingerprint density at radius 1 is 1.17 bits per heavy atom. The van der Waals surface area contributed by atoms with Gasteiger partial charge in [-0.15, -0.1) is 0 Å². The van der Waals surface area contributed by atoms with E-state index in [0.29, 0.717) is 5.69 Å². The Hall–Kier alpha value is -2.84. The van der Waals surface area contributed by atoms with Crippen molar-refractivity contribution < 1.29 is 14.5 Å². The first-order valence-electron chi connectivity index (χ1n) is 7.34. The van der Waals surface area contributed by atoms with Gasteiger partial charge in [0.15, 0.2) is 0 Å². The number of nitrogens with zero attached hydrogens (tertiary/aromatic N) is 2. The zero-order chi connectivity index (χ0) is 16.8. The molecule has 23 heavy (non-hydrogen) atoms. The van der Waals surface area contributed by atoms with Crippen LogP contribution in [0.25, 0.3) is 0 Å². The van der Waals surface area contributed by atoms with Crippen LogP contribution >= 0.6 is 0 Å². The molecule has 3 amide bonds. The number of carbonyl (C=O) groups excluding carboxylic acids is 2. The van der Waals surface area contributed by atoms with E-state index in [2.05, 4.69) is 16.2 Å². The summed E-state index contributed by atoms with van der Waals surface area (Å²) in [6, 6.07) is 3.61. The van der Waals surface area contributed by atoms with Gasteiger partial charge < -0.3 is 10.2 Å². The van der Waals surface area contributed by atoms with E-state index in [4.69, 9.17) is 0 Å². The highest BCUT2D eigenvalue weighted by atomic mass is 16.6. The average Bonchev–Trinajstić information content (AvgIpc) is 2.59. The van der Waals surface area contributed by atoms with Crippen LogP contribution in [0.15, 0.2) is 18.2 Å². The van der Waals surface area contributed by atoms with Crippen molar-refractivity contribution in [3.8, 4) is 0 Å². The molecule has 1 saturated heterocycles. The molecule has 0 unspecified atom stereocenters. The van der Waals surface area contributed by atoms with Gasteiger partial charge in [0, 0.05) is 32.3 Å². The lowest BCUT2D eigenvalue weighted by Gasteiger charge is -2.30. The Bertz CT molecular complexity index is 613. The van der Waals surface area contributed by atoms with E-state index in [-0.39, 0.29) is 11.3 Å². The number of piperidine rings is 1. The summed E-state index contributed by atoms with van der Waals surface area (Å²) in [5.41, 5.74) is 5.04. The maximum Gasteiger partial charge on any atom is 0.333 e.